The third-order valence-electron chi connectivity index (χ3n) is 7.44. The molecule has 3 nitrogen and oxygen atoms in total. The van der Waals surface area contributed by atoms with Crippen molar-refractivity contribution >= 4 is 0 Å². The van der Waals surface area contributed by atoms with Crippen LogP contribution in [-0.2, 0) is 0 Å². The lowest BCUT2D eigenvalue weighted by Crippen LogP contribution is -2.72. The van der Waals surface area contributed by atoms with Gasteiger partial charge in [-0.1, -0.05) is 57.8 Å². The molecule has 0 aromatic heterocycles. The van der Waals surface area contributed by atoms with Gasteiger partial charge in [0.1, 0.15) is 0 Å². The van der Waals surface area contributed by atoms with Crippen LogP contribution in [-0.4, -0.2) is 18.5 Å². The normalized spacial score (nSPS) is 38.2. The van der Waals surface area contributed by atoms with Gasteiger partial charge in [0.2, 0.25) is 0 Å². The fourth-order valence-corrected chi connectivity index (χ4v) is 5.94. The van der Waals surface area contributed by atoms with Gasteiger partial charge in [-0.05, 0) is 56.3 Å². The summed E-state index contributed by atoms with van der Waals surface area (Å²) in [6, 6.07) is 0. The fraction of sp³-hybridized carbons (Fsp3) is 1.00. The van der Waals surface area contributed by atoms with Gasteiger partial charge in [-0.25, -0.2) is 0 Å². The van der Waals surface area contributed by atoms with E-state index in [1.54, 1.807) is 0 Å². The maximum absolute atomic E-state index is 4.04. The molecular formula is C21H39N3. The maximum Gasteiger partial charge on any atom is 0.0624 e. The Bertz CT molecular complexity index is 304. The lowest BCUT2D eigenvalue weighted by molar-refractivity contribution is 0.0601. The number of hydrogen-bond donors (Lipinski definition) is 3. The Kier molecular flexibility index (Phi) is 6.13. The predicted octanol–water partition coefficient (Wildman–Crippen LogP) is 4.49. The van der Waals surface area contributed by atoms with Gasteiger partial charge in [-0.3, -0.25) is 16.0 Å². The second-order valence-electron chi connectivity index (χ2n) is 9.13. The van der Waals surface area contributed by atoms with E-state index in [1.807, 2.05) is 0 Å². The third kappa shape index (κ3) is 4.16. The van der Waals surface area contributed by atoms with Crippen molar-refractivity contribution in [2.75, 3.05) is 0 Å². The molecule has 0 atom stereocenters. The summed E-state index contributed by atoms with van der Waals surface area (Å²) in [4.78, 5) is 0. The minimum atomic E-state index is 0.561. The van der Waals surface area contributed by atoms with Crippen LogP contribution in [0.3, 0.4) is 0 Å². The summed E-state index contributed by atoms with van der Waals surface area (Å²) in [7, 11) is 0. The lowest BCUT2D eigenvalue weighted by atomic mass is 9.81. The van der Waals surface area contributed by atoms with E-state index < -0.39 is 0 Å². The van der Waals surface area contributed by atoms with Crippen LogP contribution in [0.25, 0.3) is 0 Å². The molecule has 0 radical (unpaired) electrons. The molecule has 0 aromatic carbocycles. The van der Waals surface area contributed by atoms with Crippen molar-refractivity contribution in [2.24, 2.45) is 17.8 Å². The van der Waals surface area contributed by atoms with Gasteiger partial charge in [0, 0.05) is 0 Å². The van der Waals surface area contributed by atoms with Crippen LogP contribution in [0.2, 0.25) is 0 Å². The third-order valence-corrected chi connectivity index (χ3v) is 7.44. The van der Waals surface area contributed by atoms with E-state index >= 15 is 0 Å². The van der Waals surface area contributed by atoms with E-state index in [0.717, 1.165) is 17.8 Å². The molecule has 1 saturated heterocycles. The fourth-order valence-electron chi connectivity index (χ4n) is 5.94. The average Bonchev–Trinajstić information content (AvgIpc) is 2.70. The second-order valence-corrected chi connectivity index (χ2v) is 9.13. The van der Waals surface area contributed by atoms with E-state index in [-0.39, 0.29) is 0 Å². The standard InChI is InChI=1S/C21H39N3/c1-4-10-16(11-5-1)19-22-20(17-12-6-2-7-13-17)24-21(23-19)18-14-8-3-9-15-18/h16-24H,1-15H2. The first-order valence-corrected chi connectivity index (χ1v) is 11.2. The zero-order chi connectivity index (χ0) is 16.2. The van der Waals surface area contributed by atoms with Gasteiger partial charge in [0.25, 0.3) is 0 Å². The van der Waals surface area contributed by atoms with Crippen LogP contribution >= 0.6 is 0 Å². The van der Waals surface area contributed by atoms with Crippen molar-refractivity contribution < 1.29 is 0 Å². The Morgan fingerprint density at radius 1 is 0.333 bits per heavy atom. The van der Waals surface area contributed by atoms with Crippen molar-refractivity contribution in [2.45, 2.75) is 115 Å². The molecular weight excluding hydrogens is 294 g/mol. The second kappa shape index (κ2) is 8.51. The largest absolute Gasteiger partial charge is 0.286 e. The molecule has 4 aliphatic rings. The Morgan fingerprint density at radius 2 is 0.583 bits per heavy atom. The molecule has 0 amide bonds. The number of hydrogen-bond acceptors (Lipinski definition) is 3. The van der Waals surface area contributed by atoms with E-state index in [0.29, 0.717) is 18.5 Å². The number of nitrogens with one attached hydrogen (secondary N) is 3. The molecule has 0 spiro atoms. The van der Waals surface area contributed by atoms with E-state index in [4.69, 9.17) is 0 Å². The Labute approximate surface area is 149 Å². The summed E-state index contributed by atoms with van der Waals surface area (Å²) in [5, 5.41) is 12.1. The molecule has 0 bridgehead atoms. The Hall–Kier alpha value is -0.120. The van der Waals surface area contributed by atoms with Crippen LogP contribution in [0.5, 0.6) is 0 Å². The summed E-state index contributed by atoms with van der Waals surface area (Å²) in [6.07, 6.45) is 23.3. The summed E-state index contributed by atoms with van der Waals surface area (Å²) in [5.74, 6) is 2.58. The highest BCUT2D eigenvalue weighted by molar-refractivity contribution is 4.93. The summed E-state index contributed by atoms with van der Waals surface area (Å²) >= 11 is 0. The van der Waals surface area contributed by atoms with Crippen molar-refractivity contribution in [1.29, 1.82) is 0 Å². The van der Waals surface area contributed by atoms with Gasteiger partial charge in [-0.2, -0.15) is 0 Å². The van der Waals surface area contributed by atoms with Crippen molar-refractivity contribution in [3.8, 4) is 0 Å². The van der Waals surface area contributed by atoms with Gasteiger partial charge in [0.15, 0.2) is 0 Å². The predicted molar refractivity (Wildman–Crippen MR) is 100 cm³/mol. The smallest absolute Gasteiger partial charge is 0.0624 e. The summed E-state index contributed by atoms with van der Waals surface area (Å²) in [5.41, 5.74) is 0. The minimum Gasteiger partial charge on any atom is -0.286 e. The van der Waals surface area contributed by atoms with Crippen LogP contribution in [0.1, 0.15) is 96.3 Å². The van der Waals surface area contributed by atoms with Crippen molar-refractivity contribution in [1.82, 2.24) is 16.0 Å². The zero-order valence-corrected chi connectivity index (χ0v) is 15.6. The van der Waals surface area contributed by atoms with Gasteiger partial charge < -0.3 is 0 Å². The molecule has 1 aliphatic heterocycles. The molecule has 3 saturated carbocycles. The van der Waals surface area contributed by atoms with E-state index in [1.165, 1.54) is 96.3 Å². The van der Waals surface area contributed by atoms with Crippen molar-refractivity contribution in [3.05, 3.63) is 0 Å². The van der Waals surface area contributed by atoms with Crippen LogP contribution in [0, 0.1) is 17.8 Å². The molecule has 1 heterocycles. The van der Waals surface area contributed by atoms with Crippen molar-refractivity contribution in [3.63, 3.8) is 0 Å². The molecule has 4 fully saturated rings. The molecule has 0 unspecified atom stereocenters. The highest BCUT2D eigenvalue weighted by atomic mass is 15.4. The van der Waals surface area contributed by atoms with Gasteiger partial charge in [-0.15, -0.1) is 0 Å². The van der Waals surface area contributed by atoms with Crippen LogP contribution < -0.4 is 16.0 Å². The molecule has 3 N–H and O–H groups in total. The minimum absolute atomic E-state index is 0.561. The topological polar surface area (TPSA) is 36.1 Å². The average molecular weight is 334 g/mol. The number of rotatable bonds is 3. The molecule has 0 aromatic rings. The first-order valence-electron chi connectivity index (χ1n) is 11.2. The maximum atomic E-state index is 4.04. The van der Waals surface area contributed by atoms with E-state index in [2.05, 4.69) is 16.0 Å². The SMILES string of the molecule is C1CCC(C2NC(C3CCCCC3)NC(C3CCCCC3)N2)CC1. The Morgan fingerprint density at radius 3 is 0.833 bits per heavy atom. The lowest BCUT2D eigenvalue weighted by Gasteiger charge is -2.48. The first-order chi connectivity index (χ1) is 11.9. The summed E-state index contributed by atoms with van der Waals surface area (Å²) < 4.78 is 0. The van der Waals surface area contributed by atoms with Gasteiger partial charge >= 0.3 is 0 Å². The molecule has 3 aliphatic carbocycles. The van der Waals surface area contributed by atoms with Crippen LogP contribution in [0.4, 0.5) is 0 Å². The summed E-state index contributed by atoms with van der Waals surface area (Å²) in [6.45, 7) is 0. The highest BCUT2D eigenvalue weighted by Crippen LogP contribution is 2.33. The van der Waals surface area contributed by atoms with Crippen LogP contribution in [0.15, 0.2) is 0 Å². The van der Waals surface area contributed by atoms with E-state index in [9.17, 15) is 0 Å². The first kappa shape index (κ1) is 17.3. The quantitative estimate of drug-likeness (QED) is 0.712. The monoisotopic (exact) mass is 333 g/mol. The molecule has 138 valence electrons. The van der Waals surface area contributed by atoms with Gasteiger partial charge in [0.05, 0.1) is 18.5 Å². The highest BCUT2D eigenvalue weighted by Gasteiger charge is 2.38. The molecule has 24 heavy (non-hydrogen) atoms. The Balaban J connectivity index is 1.44. The molecule has 4 rings (SSSR count). The zero-order valence-electron chi connectivity index (χ0n) is 15.6. The molecule has 3 heteroatoms.